The van der Waals surface area contributed by atoms with E-state index in [1.165, 1.54) is 8.99 Å². The van der Waals surface area contributed by atoms with Crippen LogP contribution in [0.3, 0.4) is 0 Å². The second kappa shape index (κ2) is 6.55. The van der Waals surface area contributed by atoms with Crippen LogP contribution in [0.1, 0.15) is 5.69 Å². The Labute approximate surface area is 151 Å². The Hall–Kier alpha value is -1.28. The van der Waals surface area contributed by atoms with Gasteiger partial charge in [0.1, 0.15) is 10.0 Å². The molecule has 2 aromatic rings. The first-order valence-corrected chi connectivity index (χ1v) is 9.70. The number of aryl methyl sites for hydroxylation is 2. The lowest BCUT2D eigenvalue weighted by molar-refractivity contribution is 0.384. The lowest BCUT2D eigenvalue weighted by Crippen LogP contribution is -2.48. The number of nitrogens with zero attached hydrogens (tertiary/aromatic N) is 4. The molecular weight excluding hydrogens is 371 g/mol. The predicted octanol–water partition coefficient (Wildman–Crippen LogP) is 2.55. The number of hydrogen-bond acceptors (Lipinski definition) is 4. The SMILES string of the molecule is Cc1nn(C)c(Cl)c1S(=O)(=O)N1CCN(c2cccc(Cl)c2)CC1. The molecule has 0 bridgehead atoms. The Kier molecular flexibility index (Phi) is 4.79. The van der Waals surface area contributed by atoms with Crippen LogP contribution in [0.2, 0.25) is 10.2 Å². The van der Waals surface area contributed by atoms with Crippen LogP contribution < -0.4 is 4.90 Å². The summed E-state index contributed by atoms with van der Waals surface area (Å²) in [5, 5.41) is 4.91. The van der Waals surface area contributed by atoms with Gasteiger partial charge in [0.2, 0.25) is 10.0 Å². The minimum absolute atomic E-state index is 0.0999. The molecular formula is C15H18Cl2N4O2S. The van der Waals surface area contributed by atoms with Crippen LogP contribution in [0.4, 0.5) is 5.69 Å². The molecule has 0 amide bonds. The van der Waals surface area contributed by atoms with Crippen LogP contribution in [0, 0.1) is 6.92 Å². The summed E-state index contributed by atoms with van der Waals surface area (Å²) in [6.07, 6.45) is 0. The lowest BCUT2D eigenvalue weighted by Gasteiger charge is -2.35. The van der Waals surface area contributed by atoms with E-state index in [4.69, 9.17) is 23.2 Å². The van der Waals surface area contributed by atoms with E-state index in [0.717, 1.165) is 5.69 Å². The number of rotatable bonds is 3. The average Bonchev–Trinajstić information content (AvgIpc) is 2.80. The maximum atomic E-state index is 12.9. The molecule has 0 atom stereocenters. The summed E-state index contributed by atoms with van der Waals surface area (Å²) in [5.74, 6) is 0. The van der Waals surface area contributed by atoms with Gasteiger partial charge in [0.25, 0.3) is 0 Å². The molecule has 1 fully saturated rings. The van der Waals surface area contributed by atoms with Crippen LogP contribution in [0.15, 0.2) is 29.2 Å². The van der Waals surface area contributed by atoms with Gasteiger partial charge in [-0.05, 0) is 25.1 Å². The third-order valence-electron chi connectivity index (χ3n) is 4.11. The molecule has 0 N–H and O–H groups in total. The fourth-order valence-corrected chi connectivity index (χ4v) is 5.21. The van der Waals surface area contributed by atoms with Crippen LogP contribution in [-0.2, 0) is 17.1 Å². The molecule has 6 nitrogen and oxygen atoms in total. The van der Waals surface area contributed by atoms with Crippen molar-refractivity contribution < 1.29 is 8.42 Å². The van der Waals surface area contributed by atoms with Crippen molar-refractivity contribution in [1.29, 1.82) is 0 Å². The number of hydrogen-bond donors (Lipinski definition) is 0. The van der Waals surface area contributed by atoms with Crippen LogP contribution in [0.25, 0.3) is 0 Å². The molecule has 24 heavy (non-hydrogen) atoms. The van der Waals surface area contributed by atoms with Crippen molar-refractivity contribution in [3.05, 3.63) is 40.1 Å². The minimum Gasteiger partial charge on any atom is -0.369 e. The molecule has 0 aliphatic carbocycles. The first-order valence-electron chi connectivity index (χ1n) is 7.50. The first-order chi connectivity index (χ1) is 11.3. The van der Waals surface area contributed by atoms with E-state index in [-0.39, 0.29) is 10.0 Å². The molecule has 2 heterocycles. The standard InChI is InChI=1S/C15H18Cl2N4O2S/c1-11-14(15(17)19(2)18-11)24(22,23)21-8-6-20(7-9-21)13-5-3-4-12(16)10-13/h3-5,10H,6-9H2,1-2H3. The summed E-state index contributed by atoms with van der Waals surface area (Å²) in [4.78, 5) is 2.22. The molecule has 1 aliphatic heterocycles. The van der Waals surface area contributed by atoms with E-state index in [2.05, 4.69) is 10.00 Å². The van der Waals surface area contributed by atoms with Gasteiger partial charge in [-0.3, -0.25) is 4.68 Å². The van der Waals surface area contributed by atoms with Gasteiger partial charge in [-0.1, -0.05) is 29.3 Å². The van der Waals surface area contributed by atoms with E-state index in [1.807, 2.05) is 24.3 Å². The van der Waals surface area contributed by atoms with Crippen molar-refractivity contribution in [3.63, 3.8) is 0 Å². The summed E-state index contributed by atoms with van der Waals surface area (Å²) in [6, 6.07) is 7.56. The zero-order chi connectivity index (χ0) is 17.5. The second-order valence-electron chi connectivity index (χ2n) is 5.70. The Morgan fingerprint density at radius 1 is 1.12 bits per heavy atom. The van der Waals surface area contributed by atoms with Crippen molar-refractivity contribution in [2.24, 2.45) is 7.05 Å². The number of piperazine rings is 1. The van der Waals surface area contributed by atoms with Crippen molar-refractivity contribution >= 4 is 38.9 Å². The number of sulfonamides is 1. The number of anilines is 1. The Morgan fingerprint density at radius 3 is 2.33 bits per heavy atom. The molecule has 9 heteroatoms. The quantitative estimate of drug-likeness (QED) is 0.810. The van der Waals surface area contributed by atoms with E-state index in [1.54, 1.807) is 14.0 Å². The summed E-state index contributed by atoms with van der Waals surface area (Å²) in [5.41, 5.74) is 1.41. The van der Waals surface area contributed by atoms with Gasteiger partial charge in [0, 0.05) is 43.9 Å². The maximum Gasteiger partial charge on any atom is 0.248 e. The highest BCUT2D eigenvalue weighted by Crippen LogP contribution is 2.29. The van der Waals surface area contributed by atoms with Gasteiger partial charge in [0.05, 0.1) is 5.69 Å². The Balaban J connectivity index is 1.79. The van der Waals surface area contributed by atoms with E-state index >= 15 is 0 Å². The molecule has 0 radical (unpaired) electrons. The molecule has 1 aliphatic rings. The molecule has 0 spiro atoms. The van der Waals surface area contributed by atoms with Gasteiger partial charge in [-0.2, -0.15) is 9.40 Å². The van der Waals surface area contributed by atoms with Gasteiger partial charge in [-0.25, -0.2) is 8.42 Å². The van der Waals surface area contributed by atoms with Crippen molar-refractivity contribution in [1.82, 2.24) is 14.1 Å². The van der Waals surface area contributed by atoms with Crippen LogP contribution in [0.5, 0.6) is 0 Å². The molecule has 0 saturated carbocycles. The second-order valence-corrected chi connectivity index (χ2v) is 8.37. The van der Waals surface area contributed by atoms with Gasteiger partial charge < -0.3 is 4.90 Å². The fraction of sp³-hybridized carbons (Fsp3) is 0.400. The summed E-state index contributed by atoms with van der Waals surface area (Å²) < 4.78 is 28.6. The average molecular weight is 389 g/mol. The predicted molar refractivity (Wildman–Crippen MR) is 95.4 cm³/mol. The summed E-state index contributed by atoms with van der Waals surface area (Å²) in [7, 11) is -2.02. The molecule has 0 unspecified atom stereocenters. The van der Waals surface area contributed by atoms with Gasteiger partial charge >= 0.3 is 0 Å². The zero-order valence-corrected chi connectivity index (χ0v) is 15.7. The number of halogens is 2. The topological polar surface area (TPSA) is 58.4 Å². The molecule has 1 aromatic carbocycles. The highest BCUT2D eigenvalue weighted by Gasteiger charge is 2.33. The lowest BCUT2D eigenvalue weighted by atomic mass is 10.2. The van der Waals surface area contributed by atoms with Gasteiger partial charge in [-0.15, -0.1) is 0 Å². The molecule has 1 saturated heterocycles. The summed E-state index contributed by atoms with van der Waals surface area (Å²) >= 11 is 12.2. The Bertz CT molecular complexity index is 858. The van der Waals surface area contributed by atoms with E-state index < -0.39 is 10.0 Å². The zero-order valence-electron chi connectivity index (χ0n) is 13.4. The first kappa shape index (κ1) is 17.5. The molecule has 3 rings (SSSR count). The van der Waals surface area contributed by atoms with Crippen molar-refractivity contribution in [3.8, 4) is 0 Å². The normalized spacial score (nSPS) is 16.6. The highest BCUT2D eigenvalue weighted by molar-refractivity contribution is 7.89. The van der Waals surface area contributed by atoms with E-state index in [9.17, 15) is 8.42 Å². The smallest absolute Gasteiger partial charge is 0.248 e. The highest BCUT2D eigenvalue weighted by atomic mass is 35.5. The van der Waals surface area contributed by atoms with Crippen LogP contribution >= 0.6 is 23.2 Å². The van der Waals surface area contributed by atoms with Crippen LogP contribution in [-0.4, -0.2) is 48.7 Å². The van der Waals surface area contributed by atoms with Gasteiger partial charge in [0.15, 0.2) is 0 Å². The molecule has 1 aromatic heterocycles. The fourth-order valence-electron chi connectivity index (χ4n) is 2.89. The monoisotopic (exact) mass is 388 g/mol. The molecule has 130 valence electrons. The summed E-state index contributed by atoms with van der Waals surface area (Å²) in [6.45, 7) is 3.62. The minimum atomic E-state index is -3.65. The maximum absolute atomic E-state index is 12.9. The number of aromatic nitrogens is 2. The number of benzene rings is 1. The largest absolute Gasteiger partial charge is 0.369 e. The van der Waals surface area contributed by atoms with E-state index in [0.29, 0.717) is 36.9 Å². The van der Waals surface area contributed by atoms with Crippen molar-refractivity contribution in [2.45, 2.75) is 11.8 Å². The third-order valence-corrected chi connectivity index (χ3v) is 6.94. The third kappa shape index (κ3) is 3.13. The Morgan fingerprint density at radius 2 is 1.79 bits per heavy atom. The van der Waals surface area contributed by atoms with Crippen molar-refractivity contribution in [2.75, 3.05) is 31.1 Å².